The Morgan fingerprint density at radius 2 is 1.10 bits per heavy atom. The number of aromatic hydroxyl groups is 1. The van der Waals surface area contributed by atoms with Crippen LogP contribution < -0.4 is 11.5 Å². The SMILES string of the molecule is Cc1ccc2c(c1)C(c1ccc(N)cc1)(c1ccc(N)cc1)c1cc(O)ccc1-2. The van der Waals surface area contributed by atoms with E-state index < -0.39 is 5.41 Å². The molecule has 0 saturated heterocycles. The van der Waals surface area contributed by atoms with E-state index in [-0.39, 0.29) is 5.75 Å². The molecule has 5 N–H and O–H groups in total. The van der Waals surface area contributed by atoms with Crippen LogP contribution in [0.1, 0.15) is 27.8 Å². The lowest BCUT2D eigenvalue weighted by Crippen LogP contribution is -2.28. The molecule has 29 heavy (non-hydrogen) atoms. The molecule has 0 atom stereocenters. The van der Waals surface area contributed by atoms with Crippen molar-refractivity contribution < 1.29 is 5.11 Å². The maximum Gasteiger partial charge on any atom is 0.115 e. The van der Waals surface area contributed by atoms with Crippen molar-refractivity contribution in [3.8, 4) is 16.9 Å². The van der Waals surface area contributed by atoms with Gasteiger partial charge in [0.05, 0.1) is 5.41 Å². The molecular weight excluding hydrogens is 356 g/mol. The summed E-state index contributed by atoms with van der Waals surface area (Å²) in [4.78, 5) is 0. The Bertz CT molecular complexity index is 1130. The molecule has 0 spiro atoms. The molecule has 1 aliphatic carbocycles. The van der Waals surface area contributed by atoms with Crippen molar-refractivity contribution in [3.63, 3.8) is 0 Å². The second-order valence-corrected chi connectivity index (χ2v) is 7.77. The maximum atomic E-state index is 10.4. The van der Waals surface area contributed by atoms with Gasteiger partial charge in [0.1, 0.15) is 5.75 Å². The van der Waals surface area contributed by atoms with Gasteiger partial charge in [0.25, 0.3) is 0 Å². The quantitative estimate of drug-likeness (QED) is 0.368. The summed E-state index contributed by atoms with van der Waals surface area (Å²) in [7, 11) is 0. The van der Waals surface area contributed by atoms with Crippen molar-refractivity contribution in [1.82, 2.24) is 0 Å². The summed E-state index contributed by atoms with van der Waals surface area (Å²) in [5.41, 5.74) is 20.9. The molecule has 0 unspecified atom stereocenters. The lowest BCUT2D eigenvalue weighted by Gasteiger charge is -2.34. The van der Waals surface area contributed by atoms with E-state index in [0.717, 1.165) is 33.6 Å². The first kappa shape index (κ1) is 17.4. The van der Waals surface area contributed by atoms with Crippen LogP contribution in [0, 0.1) is 6.92 Å². The zero-order valence-corrected chi connectivity index (χ0v) is 16.2. The number of fused-ring (bicyclic) bond motifs is 3. The second kappa shape index (κ2) is 6.14. The molecule has 3 heteroatoms. The van der Waals surface area contributed by atoms with Gasteiger partial charge in [-0.25, -0.2) is 0 Å². The lowest BCUT2D eigenvalue weighted by molar-refractivity contribution is 0.474. The van der Waals surface area contributed by atoms with Gasteiger partial charge in [0.15, 0.2) is 0 Å². The lowest BCUT2D eigenvalue weighted by atomic mass is 9.67. The van der Waals surface area contributed by atoms with Crippen molar-refractivity contribution in [2.45, 2.75) is 12.3 Å². The largest absolute Gasteiger partial charge is 0.508 e. The van der Waals surface area contributed by atoms with Gasteiger partial charge in [-0.2, -0.15) is 0 Å². The average Bonchev–Trinajstić information content (AvgIpc) is 2.99. The van der Waals surface area contributed by atoms with E-state index in [1.54, 1.807) is 6.07 Å². The van der Waals surface area contributed by atoms with Gasteiger partial charge in [-0.1, -0.05) is 54.1 Å². The van der Waals surface area contributed by atoms with Crippen molar-refractivity contribution in [3.05, 3.63) is 113 Å². The number of rotatable bonds is 2. The van der Waals surface area contributed by atoms with Gasteiger partial charge in [-0.05, 0) is 76.7 Å². The normalized spacial score (nSPS) is 13.7. The van der Waals surface area contributed by atoms with Crippen molar-refractivity contribution in [2.75, 3.05) is 11.5 Å². The number of hydrogen-bond donors (Lipinski definition) is 3. The van der Waals surface area contributed by atoms with Gasteiger partial charge in [0.2, 0.25) is 0 Å². The van der Waals surface area contributed by atoms with Crippen LogP contribution in [-0.2, 0) is 5.41 Å². The van der Waals surface area contributed by atoms with Crippen LogP contribution in [0.15, 0.2) is 84.9 Å². The third kappa shape index (κ3) is 2.44. The van der Waals surface area contributed by atoms with Gasteiger partial charge >= 0.3 is 0 Å². The summed E-state index contributed by atoms with van der Waals surface area (Å²) in [5, 5.41) is 10.4. The van der Waals surface area contributed by atoms with Crippen LogP contribution in [-0.4, -0.2) is 5.11 Å². The minimum Gasteiger partial charge on any atom is -0.508 e. The molecule has 0 bridgehead atoms. The highest BCUT2D eigenvalue weighted by molar-refractivity contribution is 5.87. The Labute approximate surface area is 170 Å². The van der Waals surface area contributed by atoms with Crippen LogP contribution >= 0.6 is 0 Å². The fourth-order valence-electron chi connectivity index (χ4n) is 4.68. The molecule has 0 fully saturated rings. The number of aryl methyl sites for hydroxylation is 1. The zero-order chi connectivity index (χ0) is 20.2. The predicted octanol–water partition coefficient (Wildman–Crippen LogP) is 5.23. The first-order valence-corrected chi connectivity index (χ1v) is 9.67. The number of nitrogen functional groups attached to an aromatic ring is 2. The topological polar surface area (TPSA) is 72.3 Å². The number of anilines is 2. The van der Waals surface area contributed by atoms with Gasteiger partial charge in [0, 0.05) is 11.4 Å². The Hall–Kier alpha value is -3.72. The molecule has 0 radical (unpaired) electrons. The predicted molar refractivity (Wildman–Crippen MR) is 119 cm³/mol. The first-order valence-electron chi connectivity index (χ1n) is 9.67. The van der Waals surface area contributed by atoms with E-state index in [1.165, 1.54) is 16.7 Å². The molecule has 0 heterocycles. The smallest absolute Gasteiger partial charge is 0.115 e. The molecular formula is C26H22N2O. The van der Waals surface area contributed by atoms with E-state index in [1.807, 2.05) is 36.4 Å². The second-order valence-electron chi connectivity index (χ2n) is 7.77. The Morgan fingerprint density at radius 3 is 1.66 bits per heavy atom. The summed E-state index contributed by atoms with van der Waals surface area (Å²) in [5.74, 6) is 0.253. The molecule has 4 aromatic rings. The fraction of sp³-hybridized carbons (Fsp3) is 0.0769. The number of phenols is 1. The van der Waals surface area contributed by atoms with E-state index in [4.69, 9.17) is 11.5 Å². The van der Waals surface area contributed by atoms with Gasteiger partial charge in [-0.3, -0.25) is 0 Å². The number of benzene rings is 4. The van der Waals surface area contributed by atoms with Gasteiger partial charge in [-0.15, -0.1) is 0 Å². The Balaban J connectivity index is 1.97. The number of nitrogens with two attached hydrogens (primary N) is 2. The van der Waals surface area contributed by atoms with E-state index in [0.29, 0.717) is 0 Å². The van der Waals surface area contributed by atoms with E-state index >= 15 is 0 Å². The zero-order valence-electron chi connectivity index (χ0n) is 16.2. The molecule has 0 saturated carbocycles. The Kier molecular flexibility index (Phi) is 3.68. The summed E-state index contributed by atoms with van der Waals surface area (Å²) in [6.45, 7) is 2.11. The van der Waals surface area contributed by atoms with Crippen LogP contribution in [0.2, 0.25) is 0 Å². The summed E-state index contributed by atoms with van der Waals surface area (Å²) >= 11 is 0. The first-order chi connectivity index (χ1) is 14.0. The molecule has 5 rings (SSSR count). The summed E-state index contributed by atoms with van der Waals surface area (Å²) in [6.07, 6.45) is 0. The summed E-state index contributed by atoms with van der Waals surface area (Å²) in [6, 6.07) is 28.3. The molecule has 4 aromatic carbocycles. The van der Waals surface area contributed by atoms with Crippen LogP contribution in [0.5, 0.6) is 5.75 Å². The third-order valence-corrected chi connectivity index (χ3v) is 5.96. The van der Waals surface area contributed by atoms with Crippen LogP contribution in [0.25, 0.3) is 11.1 Å². The average molecular weight is 378 g/mol. The highest BCUT2D eigenvalue weighted by Gasteiger charge is 2.46. The van der Waals surface area contributed by atoms with Gasteiger partial charge < -0.3 is 16.6 Å². The minimum absolute atomic E-state index is 0.253. The standard InChI is InChI=1S/C26H22N2O/c1-16-2-12-22-23-13-11-21(29)15-25(23)26(24(22)14-16,17-3-7-19(27)8-4-17)18-5-9-20(28)10-6-18/h2-15,29H,27-28H2,1H3. The van der Waals surface area contributed by atoms with Crippen LogP contribution in [0.3, 0.4) is 0 Å². The highest BCUT2D eigenvalue weighted by atomic mass is 16.3. The van der Waals surface area contributed by atoms with E-state index in [9.17, 15) is 5.11 Å². The van der Waals surface area contributed by atoms with Crippen LogP contribution in [0.4, 0.5) is 11.4 Å². The highest BCUT2D eigenvalue weighted by Crippen LogP contribution is 2.57. The van der Waals surface area contributed by atoms with Crippen molar-refractivity contribution in [1.29, 1.82) is 0 Å². The maximum absolute atomic E-state index is 10.4. The number of phenolic OH excluding ortho intramolecular Hbond substituents is 1. The summed E-state index contributed by atoms with van der Waals surface area (Å²) < 4.78 is 0. The van der Waals surface area contributed by atoms with E-state index in [2.05, 4.69) is 49.4 Å². The minimum atomic E-state index is -0.559. The number of hydrogen-bond acceptors (Lipinski definition) is 3. The monoisotopic (exact) mass is 378 g/mol. The van der Waals surface area contributed by atoms with Crippen molar-refractivity contribution >= 4 is 11.4 Å². The fourth-order valence-corrected chi connectivity index (χ4v) is 4.68. The Morgan fingerprint density at radius 1 is 0.621 bits per heavy atom. The molecule has 0 amide bonds. The molecule has 0 aliphatic heterocycles. The molecule has 0 aromatic heterocycles. The molecule has 3 nitrogen and oxygen atoms in total. The van der Waals surface area contributed by atoms with Crippen molar-refractivity contribution in [2.24, 2.45) is 0 Å². The molecule has 1 aliphatic rings. The third-order valence-electron chi connectivity index (χ3n) is 5.96. The molecule has 142 valence electrons.